The van der Waals surface area contributed by atoms with Gasteiger partial charge in [0.1, 0.15) is 5.69 Å². The molecule has 0 radical (unpaired) electrons. The maximum Gasteiger partial charge on any atom is 0.289 e. The molecule has 2 aromatic rings. The van der Waals surface area contributed by atoms with E-state index in [0.717, 1.165) is 24.1 Å². The maximum absolute atomic E-state index is 12.0. The molecule has 1 heterocycles. The van der Waals surface area contributed by atoms with Crippen molar-refractivity contribution in [2.24, 2.45) is 0 Å². The van der Waals surface area contributed by atoms with Gasteiger partial charge in [0.05, 0.1) is 5.69 Å². The second kappa shape index (κ2) is 5.90. The van der Waals surface area contributed by atoms with Crippen LogP contribution < -0.4 is 11.3 Å². The molecule has 2 N–H and O–H groups in total. The fraction of sp³-hybridized carbons (Fsp3) is 0.375. The topological polar surface area (TPSA) is 60.9 Å². The molecule has 0 atom stereocenters. The third-order valence-corrected chi connectivity index (χ3v) is 3.53. The van der Waals surface area contributed by atoms with Crippen LogP contribution in [0.3, 0.4) is 0 Å². The molecule has 4 nitrogen and oxygen atoms in total. The molecule has 20 heavy (non-hydrogen) atoms. The van der Waals surface area contributed by atoms with E-state index >= 15 is 0 Å². The third-order valence-electron chi connectivity index (χ3n) is 3.53. The second-order valence-corrected chi connectivity index (χ2v) is 5.17. The Labute approximate surface area is 119 Å². The van der Waals surface area contributed by atoms with Crippen LogP contribution in [0.15, 0.2) is 29.1 Å². The van der Waals surface area contributed by atoms with Gasteiger partial charge in [0.15, 0.2) is 0 Å². The summed E-state index contributed by atoms with van der Waals surface area (Å²) >= 11 is 0. The zero-order valence-electron chi connectivity index (χ0n) is 12.3. The van der Waals surface area contributed by atoms with E-state index in [1.165, 1.54) is 15.8 Å². The Morgan fingerprint density at radius 2 is 1.95 bits per heavy atom. The predicted octanol–water partition coefficient (Wildman–Crippen LogP) is 2.91. The first-order chi connectivity index (χ1) is 9.52. The summed E-state index contributed by atoms with van der Waals surface area (Å²) in [5.41, 5.74) is 10.1. The average Bonchev–Trinajstić information content (AvgIpc) is 2.43. The van der Waals surface area contributed by atoms with Crippen LogP contribution in [0.1, 0.15) is 30.9 Å². The number of benzene rings is 1. The number of nitrogens with zero attached hydrogens (tertiary/aromatic N) is 2. The number of aryl methyl sites for hydroxylation is 3. The summed E-state index contributed by atoms with van der Waals surface area (Å²) in [5.74, 6) is 0. The van der Waals surface area contributed by atoms with Crippen molar-refractivity contribution in [2.45, 2.75) is 40.2 Å². The Morgan fingerprint density at radius 1 is 1.20 bits per heavy atom. The molecule has 1 aromatic heterocycles. The van der Waals surface area contributed by atoms with E-state index in [9.17, 15) is 4.79 Å². The van der Waals surface area contributed by atoms with Gasteiger partial charge in [-0.25, -0.2) is 4.68 Å². The first-order valence-electron chi connectivity index (χ1n) is 6.98. The smallest absolute Gasteiger partial charge is 0.289 e. The summed E-state index contributed by atoms with van der Waals surface area (Å²) in [5, 5.41) is 4.44. The van der Waals surface area contributed by atoms with Crippen LogP contribution in [0, 0.1) is 13.8 Å². The minimum Gasteiger partial charge on any atom is -0.394 e. The minimum atomic E-state index is -0.203. The van der Waals surface area contributed by atoms with Gasteiger partial charge < -0.3 is 5.73 Å². The summed E-state index contributed by atoms with van der Waals surface area (Å²) in [6.45, 7) is 6.83. The lowest BCUT2D eigenvalue weighted by Crippen LogP contribution is -2.25. The van der Waals surface area contributed by atoms with Crippen LogP contribution in [0.5, 0.6) is 0 Å². The van der Waals surface area contributed by atoms with Gasteiger partial charge in [-0.3, -0.25) is 4.79 Å². The van der Waals surface area contributed by atoms with Gasteiger partial charge in [0.2, 0.25) is 0 Å². The van der Waals surface area contributed by atoms with Crippen LogP contribution in [-0.2, 0) is 6.54 Å². The number of nitrogen functional groups attached to an aromatic ring is 1. The number of rotatable bonds is 4. The number of unbranched alkanes of at least 4 members (excludes halogenated alkanes) is 1. The van der Waals surface area contributed by atoms with E-state index in [-0.39, 0.29) is 11.2 Å². The Kier molecular flexibility index (Phi) is 4.23. The summed E-state index contributed by atoms with van der Waals surface area (Å²) in [4.78, 5) is 12.0. The SMILES string of the molecule is CCCCn1nc(-c2ccc(C)c(C)c2)cc(N)c1=O. The van der Waals surface area contributed by atoms with Crippen molar-refractivity contribution in [1.82, 2.24) is 9.78 Å². The molecule has 0 saturated carbocycles. The molecule has 0 fully saturated rings. The molecule has 0 unspecified atom stereocenters. The molecule has 106 valence electrons. The molecule has 0 amide bonds. The fourth-order valence-electron chi connectivity index (χ4n) is 2.06. The van der Waals surface area contributed by atoms with Gasteiger partial charge in [0.25, 0.3) is 5.56 Å². The lowest BCUT2D eigenvalue weighted by atomic mass is 10.0. The molecule has 2 rings (SSSR count). The van der Waals surface area contributed by atoms with Crippen molar-refractivity contribution in [2.75, 3.05) is 5.73 Å². The monoisotopic (exact) mass is 271 g/mol. The van der Waals surface area contributed by atoms with Gasteiger partial charge in [0, 0.05) is 12.1 Å². The lowest BCUT2D eigenvalue weighted by molar-refractivity contribution is 0.547. The average molecular weight is 271 g/mol. The molecule has 1 aromatic carbocycles. The summed E-state index contributed by atoms with van der Waals surface area (Å²) < 4.78 is 1.48. The van der Waals surface area contributed by atoms with Crippen LogP contribution in [0.4, 0.5) is 5.69 Å². The second-order valence-electron chi connectivity index (χ2n) is 5.17. The molecule has 0 saturated heterocycles. The summed E-state index contributed by atoms with van der Waals surface area (Å²) in [6, 6.07) is 7.81. The van der Waals surface area contributed by atoms with Crippen LogP contribution in [0.25, 0.3) is 11.3 Å². The third kappa shape index (κ3) is 2.90. The fourth-order valence-corrected chi connectivity index (χ4v) is 2.06. The van der Waals surface area contributed by atoms with Gasteiger partial charge in [-0.1, -0.05) is 25.5 Å². The van der Waals surface area contributed by atoms with Gasteiger partial charge in [-0.2, -0.15) is 5.10 Å². The molecule has 0 aliphatic rings. The first-order valence-corrected chi connectivity index (χ1v) is 6.98. The van der Waals surface area contributed by atoms with Crippen molar-refractivity contribution in [3.05, 3.63) is 45.7 Å². The molecule has 0 aliphatic heterocycles. The van der Waals surface area contributed by atoms with Crippen LogP contribution in [-0.4, -0.2) is 9.78 Å². The van der Waals surface area contributed by atoms with E-state index in [1.807, 2.05) is 6.07 Å². The molecule has 0 aliphatic carbocycles. The highest BCUT2D eigenvalue weighted by atomic mass is 16.1. The standard InChI is InChI=1S/C16H21N3O/c1-4-5-8-19-16(20)14(17)10-15(18-19)13-7-6-11(2)12(3)9-13/h6-7,9-10H,4-5,8,17H2,1-3H3. The van der Waals surface area contributed by atoms with Crippen molar-refractivity contribution in [1.29, 1.82) is 0 Å². The normalized spacial score (nSPS) is 10.8. The van der Waals surface area contributed by atoms with Crippen LogP contribution >= 0.6 is 0 Å². The number of hydrogen-bond acceptors (Lipinski definition) is 3. The summed E-state index contributed by atoms with van der Waals surface area (Å²) in [6.07, 6.45) is 1.94. The Bertz CT molecular complexity index is 674. The highest BCUT2D eigenvalue weighted by Gasteiger charge is 2.08. The maximum atomic E-state index is 12.0. The quantitative estimate of drug-likeness (QED) is 0.930. The Morgan fingerprint density at radius 3 is 2.60 bits per heavy atom. The largest absolute Gasteiger partial charge is 0.394 e. The van der Waals surface area contributed by atoms with Crippen LogP contribution in [0.2, 0.25) is 0 Å². The van der Waals surface area contributed by atoms with E-state index in [2.05, 4.69) is 38.0 Å². The van der Waals surface area contributed by atoms with Crippen molar-refractivity contribution >= 4 is 5.69 Å². The lowest BCUT2D eigenvalue weighted by Gasteiger charge is -2.09. The van der Waals surface area contributed by atoms with Crippen molar-refractivity contribution in [3.63, 3.8) is 0 Å². The van der Waals surface area contributed by atoms with Gasteiger partial charge in [-0.05, 0) is 43.5 Å². The van der Waals surface area contributed by atoms with E-state index < -0.39 is 0 Å². The number of anilines is 1. The minimum absolute atomic E-state index is 0.203. The zero-order chi connectivity index (χ0) is 14.7. The van der Waals surface area contributed by atoms with E-state index in [4.69, 9.17) is 5.73 Å². The summed E-state index contributed by atoms with van der Waals surface area (Å²) in [7, 11) is 0. The number of hydrogen-bond donors (Lipinski definition) is 1. The molecule has 4 heteroatoms. The number of aromatic nitrogens is 2. The van der Waals surface area contributed by atoms with Gasteiger partial charge >= 0.3 is 0 Å². The Hall–Kier alpha value is -2.10. The Balaban J connectivity index is 2.48. The predicted molar refractivity (Wildman–Crippen MR) is 82.7 cm³/mol. The molecular formula is C16H21N3O. The van der Waals surface area contributed by atoms with Crippen molar-refractivity contribution < 1.29 is 0 Å². The highest BCUT2D eigenvalue weighted by molar-refractivity contribution is 5.63. The molecular weight excluding hydrogens is 250 g/mol. The molecule has 0 bridgehead atoms. The van der Waals surface area contributed by atoms with Gasteiger partial charge in [-0.15, -0.1) is 0 Å². The van der Waals surface area contributed by atoms with Crippen molar-refractivity contribution in [3.8, 4) is 11.3 Å². The first kappa shape index (κ1) is 14.3. The molecule has 0 spiro atoms. The van der Waals surface area contributed by atoms with E-state index in [0.29, 0.717) is 6.54 Å². The van der Waals surface area contributed by atoms with E-state index in [1.54, 1.807) is 6.07 Å². The number of nitrogens with two attached hydrogens (primary N) is 1. The highest BCUT2D eigenvalue weighted by Crippen LogP contribution is 2.20. The zero-order valence-corrected chi connectivity index (χ0v) is 12.3.